The molecule has 0 aromatic rings. The van der Waals surface area contributed by atoms with Crippen molar-refractivity contribution in [3.8, 4) is 0 Å². The maximum absolute atomic E-state index is 13.4. The van der Waals surface area contributed by atoms with Crippen LogP contribution in [0.4, 0.5) is 0 Å². The van der Waals surface area contributed by atoms with Gasteiger partial charge >= 0.3 is 0 Å². The topological polar surface area (TPSA) is 69.4 Å². The number of carbonyl (C=O) groups is 2. The lowest BCUT2D eigenvalue weighted by Crippen LogP contribution is -2.62. The Kier molecular flexibility index (Phi) is 6.14. The summed E-state index contributed by atoms with van der Waals surface area (Å²) in [5, 5.41) is 0. The molecule has 206 valence electrons. The number of amides is 1. The van der Waals surface area contributed by atoms with E-state index in [2.05, 4.69) is 46.8 Å². The largest absolute Gasteiger partial charge is 0.485 e. The third-order valence-electron chi connectivity index (χ3n) is 12.2. The Morgan fingerprint density at radius 3 is 2.37 bits per heavy atom. The molecule has 5 rings (SSSR count). The van der Waals surface area contributed by atoms with E-state index in [0.29, 0.717) is 18.3 Å². The smallest absolute Gasteiger partial charge is 0.223 e. The molecular weight excluding hydrogens is 470 g/mol. The van der Waals surface area contributed by atoms with Crippen molar-refractivity contribution in [2.45, 2.75) is 100 Å². The molecule has 0 aromatic carbocycles. The van der Waals surface area contributed by atoms with E-state index in [-0.39, 0.29) is 33.4 Å². The van der Waals surface area contributed by atoms with E-state index in [1.165, 1.54) is 17.6 Å². The van der Waals surface area contributed by atoms with E-state index in [1.807, 2.05) is 32.9 Å². The quantitative estimate of drug-likeness (QED) is 0.392. The van der Waals surface area contributed by atoms with Crippen molar-refractivity contribution in [3.63, 3.8) is 0 Å². The van der Waals surface area contributed by atoms with Crippen molar-refractivity contribution in [2.75, 3.05) is 6.61 Å². The van der Waals surface area contributed by atoms with Crippen LogP contribution in [0.5, 0.6) is 0 Å². The maximum Gasteiger partial charge on any atom is 0.223 e. The van der Waals surface area contributed by atoms with Crippen LogP contribution in [0.3, 0.4) is 0 Å². The van der Waals surface area contributed by atoms with Crippen molar-refractivity contribution >= 4 is 11.7 Å². The molecule has 3 saturated carbocycles. The van der Waals surface area contributed by atoms with Gasteiger partial charge in [0.05, 0.1) is 0 Å². The molecule has 4 nitrogen and oxygen atoms in total. The van der Waals surface area contributed by atoms with E-state index in [1.54, 1.807) is 0 Å². The Morgan fingerprint density at radius 2 is 1.71 bits per heavy atom. The molecule has 4 heteroatoms. The number of allylic oxidation sites excluding steroid dienone is 8. The summed E-state index contributed by atoms with van der Waals surface area (Å²) in [6.07, 6.45) is 15.7. The summed E-state index contributed by atoms with van der Waals surface area (Å²) in [6, 6.07) is 0. The zero-order valence-electron chi connectivity index (χ0n) is 24.8. The Hall–Kier alpha value is -2.36. The predicted octanol–water partition coefficient (Wildman–Crippen LogP) is 7.52. The van der Waals surface area contributed by atoms with Crippen molar-refractivity contribution in [3.05, 3.63) is 57.9 Å². The highest BCUT2D eigenvalue weighted by Crippen LogP contribution is 2.75. The number of nitrogens with two attached hydrogens (primary N) is 1. The maximum atomic E-state index is 13.4. The molecule has 0 heterocycles. The second-order valence-electron chi connectivity index (χ2n) is 14.5. The predicted molar refractivity (Wildman–Crippen MR) is 153 cm³/mol. The SMILES string of the molecule is CC(C)=CCOC1=C(C)C2=CC=C3[C@@](C)(CC[C@@]4(C)[C@@H]5C[C@](C)(C(N)=O)CC[C@]5(C)CC[C@]34C)C2=CC1=O. The Balaban J connectivity index is 1.57. The molecule has 0 aliphatic heterocycles. The molecule has 5 aliphatic rings. The first-order valence-corrected chi connectivity index (χ1v) is 14.6. The summed E-state index contributed by atoms with van der Waals surface area (Å²) in [4.78, 5) is 25.9. The molecule has 2 N–H and O–H groups in total. The minimum atomic E-state index is -0.428. The normalized spacial score (nSPS) is 41.9. The highest BCUT2D eigenvalue weighted by molar-refractivity contribution is 6.07. The number of ether oxygens (including phenoxy) is 1. The van der Waals surface area contributed by atoms with Gasteiger partial charge in [0.25, 0.3) is 0 Å². The van der Waals surface area contributed by atoms with E-state index < -0.39 is 5.41 Å². The van der Waals surface area contributed by atoms with E-state index in [4.69, 9.17) is 10.5 Å². The first-order valence-electron chi connectivity index (χ1n) is 14.6. The van der Waals surface area contributed by atoms with Gasteiger partial charge in [-0.3, -0.25) is 9.59 Å². The van der Waals surface area contributed by atoms with E-state index in [9.17, 15) is 9.59 Å². The molecule has 3 fully saturated rings. The second-order valence-corrected chi connectivity index (χ2v) is 14.5. The van der Waals surface area contributed by atoms with Crippen LogP contribution in [0.25, 0.3) is 0 Å². The first kappa shape index (κ1) is 27.2. The average Bonchev–Trinajstić information content (AvgIpc) is 2.84. The van der Waals surface area contributed by atoms with Gasteiger partial charge in [-0.05, 0) is 111 Å². The molecule has 0 spiro atoms. The van der Waals surface area contributed by atoms with Gasteiger partial charge in [-0.15, -0.1) is 0 Å². The average molecular weight is 518 g/mol. The third-order valence-corrected chi connectivity index (χ3v) is 12.2. The molecule has 5 aliphatic carbocycles. The Labute approximate surface area is 229 Å². The fraction of sp³-hybridized carbons (Fsp3) is 0.647. The lowest BCUT2D eigenvalue weighted by molar-refractivity contribution is -0.167. The van der Waals surface area contributed by atoms with Gasteiger partial charge in [0.15, 0.2) is 5.76 Å². The number of hydrogen-bond donors (Lipinski definition) is 1. The van der Waals surface area contributed by atoms with Crippen molar-refractivity contribution in [1.82, 2.24) is 0 Å². The lowest BCUT2D eigenvalue weighted by atomic mass is 9.34. The second kappa shape index (κ2) is 8.57. The fourth-order valence-corrected chi connectivity index (χ4v) is 9.14. The molecule has 0 bridgehead atoms. The number of hydrogen-bond acceptors (Lipinski definition) is 3. The Morgan fingerprint density at radius 1 is 1.03 bits per heavy atom. The van der Waals surface area contributed by atoms with E-state index in [0.717, 1.165) is 55.2 Å². The van der Waals surface area contributed by atoms with Crippen LogP contribution < -0.4 is 5.73 Å². The Bertz CT molecular complexity index is 1260. The third kappa shape index (κ3) is 3.61. The van der Waals surface area contributed by atoms with Crippen LogP contribution in [-0.2, 0) is 14.3 Å². The minimum Gasteiger partial charge on any atom is -0.485 e. The van der Waals surface area contributed by atoms with Gasteiger partial charge in [-0.25, -0.2) is 0 Å². The number of rotatable bonds is 4. The molecule has 0 unspecified atom stereocenters. The zero-order chi connectivity index (χ0) is 27.9. The summed E-state index contributed by atoms with van der Waals surface area (Å²) in [6.45, 7) is 18.4. The molecule has 0 aromatic heterocycles. The molecule has 0 radical (unpaired) electrons. The van der Waals surface area contributed by atoms with Crippen molar-refractivity contribution in [1.29, 1.82) is 0 Å². The van der Waals surface area contributed by atoms with Crippen molar-refractivity contribution in [2.24, 2.45) is 38.7 Å². The van der Waals surface area contributed by atoms with Crippen LogP contribution in [0.2, 0.25) is 0 Å². The number of primary amides is 1. The first-order chi connectivity index (χ1) is 17.6. The molecular formula is C34H47NO3. The minimum absolute atomic E-state index is 0.0101. The molecule has 1 amide bonds. The monoisotopic (exact) mass is 517 g/mol. The zero-order valence-corrected chi connectivity index (χ0v) is 24.8. The standard InChI is InChI=1S/C34H47NO3/c1-21(2)11-18-38-28-22(3)23-9-10-26-32(6,24(23)19-25(28)36)15-17-34(8)27-20-31(5,29(35)37)13-12-30(27,4)14-16-33(26,34)7/h9-11,19,27H,12-18,20H2,1-8H3,(H2,35,37)/t27-,30-,31-,32+,33-,34+/m1/s1. The van der Waals surface area contributed by atoms with Crippen LogP contribution in [-0.4, -0.2) is 18.3 Å². The molecule has 6 atom stereocenters. The highest BCUT2D eigenvalue weighted by Gasteiger charge is 2.67. The van der Waals surface area contributed by atoms with Gasteiger partial charge < -0.3 is 10.5 Å². The summed E-state index contributed by atoms with van der Waals surface area (Å²) >= 11 is 0. The van der Waals surface area contributed by atoms with Crippen LogP contribution in [0, 0.1) is 33.0 Å². The van der Waals surface area contributed by atoms with Gasteiger partial charge in [-0.1, -0.05) is 57.9 Å². The molecule has 38 heavy (non-hydrogen) atoms. The number of ketones is 1. The van der Waals surface area contributed by atoms with Crippen LogP contribution >= 0.6 is 0 Å². The summed E-state index contributed by atoms with van der Waals surface area (Å²) in [7, 11) is 0. The lowest BCUT2D eigenvalue weighted by Gasteiger charge is -2.70. The highest BCUT2D eigenvalue weighted by atomic mass is 16.5. The van der Waals surface area contributed by atoms with Gasteiger partial charge in [0, 0.05) is 16.4 Å². The number of fused-ring (bicyclic) bond motifs is 7. The van der Waals surface area contributed by atoms with Gasteiger partial charge in [0.2, 0.25) is 11.7 Å². The summed E-state index contributed by atoms with van der Waals surface area (Å²) in [5.41, 5.74) is 11.6. The van der Waals surface area contributed by atoms with Crippen molar-refractivity contribution < 1.29 is 14.3 Å². The van der Waals surface area contributed by atoms with Crippen LogP contribution in [0.15, 0.2) is 57.9 Å². The van der Waals surface area contributed by atoms with E-state index >= 15 is 0 Å². The van der Waals surface area contributed by atoms with Gasteiger partial charge in [0.1, 0.15) is 6.61 Å². The molecule has 0 saturated heterocycles. The fourth-order valence-electron chi connectivity index (χ4n) is 9.14. The number of carbonyl (C=O) groups excluding carboxylic acids is 2. The summed E-state index contributed by atoms with van der Waals surface area (Å²) < 4.78 is 5.98. The van der Waals surface area contributed by atoms with Gasteiger partial charge in [-0.2, -0.15) is 0 Å². The van der Waals surface area contributed by atoms with Crippen LogP contribution in [0.1, 0.15) is 100 Å². The summed E-state index contributed by atoms with van der Waals surface area (Å²) in [5.74, 6) is 0.760.